The molecule has 0 spiro atoms. The van der Waals surface area contributed by atoms with Gasteiger partial charge in [0.05, 0.1) is 23.0 Å². The number of hydrazone groups is 1. The van der Waals surface area contributed by atoms with Crippen molar-refractivity contribution in [2.45, 2.75) is 12.8 Å². The molecular weight excluding hydrogens is 454 g/mol. The molecule has 1 aromatic carbocycles. The SMILES string of the molecule is O=C1[C@@H]2[C@@H](C(=O)N1/N=C\c1ccc(-c3ccc([N+](=O)[O-])cc3Br)o1)[C@H]1C=C[C@@H]2CC1. The van der Waals surface area contributed by atoms with Crippen LogP contribution < -0.4 is 0 Å². The zero-order valence-electron chi connectivity index (χ0n) is 15.6. The average molecular weight is 470 g/mol. The van der Waals surface area contributed by atoms with Gasteiger partial charge in [0.15, 0.2) is 0 Å². The number of carbonyl (C=O) groups excluding carboxylic acids is 2. The number of benzene rings is 1. The highest BCUT2D eigenvalue weighted by Gasteiger charge is 2.56. The second-order valence-electron chi connectivity index (χ2n) is 7.70. The molecule has 30 heavy (non-hydrogen) atoms. The maximum absolute atomic E-state index is 12.8. The van der Waals surface area contributed by atoms with E-state index in [1.807, 2.05) is 0 Å². The first-order valence-corrected chi connectivity index (χ1v) is 10.4. The molecule has 6 rings (SSSR count). The van der Waals surface area contributed by atoms with Crippen LogP contribution in [0.4, 0.5) is 5.69 Å². The van der Waals surface area contributed by atoms with E-state index in [1.165, 1.54) is 18.3 Å². The van der Waals surface area contributed by atoms with Crippen LogP contribution in [0.1, 0.15) is 18.6 Å². The number of amides is 2. The number of rotatable bonds is 4. The third kappa shape index (κ3) is 2.92. The van der Waals surface area contributed by atoms with E-state index in [0.717, 1.165) is 17.9 Å². The number of allylic oxidation sites excluding steroid dienone is 2. The van der Waals surface area contributed by atoms with Crippen LogP contribution >= 0.6 is 15.9 Å². The number of furan rings is 1. The molecule has 4 atom stereocenters. The summed E-state index contributed by atoms with van der Waals surface area (Å²) in [6, 6.07) is 7.74. The monoisotopic (exact) mass is 469 g/mol. The van der Waals surface area contributed by atoms with Crippen molar-refractivity contribution < 1.29 is 18.9 Å². The normalized spacial score (nSPS) is 27.3. The van der Waals surface area contributed by atoms with Gasteiger partial charge in [-0.25, -0.2) is 0 Å². The van der Waals surface area contributed by atoms with E-state index < -0.39 is 4.92 Å². The molecule has 0 N–H and O–H groups in total. The molecule has 8 nitrogen and oxygen atoms in total. The number of non-ortho nitro benzene ring substituents is 1. The van der Waals surface area contributed by atoms with Gasteiger partial charge in [0.25, 0.3) is 17.5 Å². The van der Waals surface area contributed by atoms with E-state index >= 15 is 0 Å². The Balaban J connectivity index is 1.36. The van der Waals surface area contributed by atoms with Crippen LogP contribution in [0.5, 0.6) is 0 Å². The smallest absolute Gasteiger partial charge is 0.270 e. The first-order valence-electron chi connectivity index (χ1n) is 9.58. The summed E-state index contributed by atoms with van der Waals surface area (Å²) in [5.74, 6) is -0.0172. The summed E-state index contributed by atoms with van der Waals surface area (Å²) in [5.41, 5.74) is 0.609. The molecule has 9 heteroatoms. The highest BCUT2D eigenvalue weighted by Crippen LogP contribution is 2.49. The molecule has 2 amide bonds. The Bertz CT molecular complexity index is 1110. The van der Waals surface area contributed by atoms with Crippen molar-refractivity contribution >= 4 is 39.6 Å². The summed E-state index contributed by atoms with van der Waals surface area (Å²) < 4.78 is 6.26. The molecule has 3 aliphatic carbocycles. The van der Waals surface area contributed by atoms with Gasteiger partial charge in [-0.1, -0.05) is 12.2 Å². The molecule has 1 aliphatic heterocycles. The fourth-order valence-corrected chi connectivity index (χ4v) is 5.23. The molecule has 152 valence electrons. The van der Waals surface area contributed by atoms with Gasteiger partial charge in [0.1, 0.15) is 11.5 Å². The van der Waals surface area contributed by atoms with Crippen LogP contribution in [0.3, 0.4) is 0 Å². The fraction of sp³-hybridized carbons (Fsp3) is 0.286. The molecule has 2 aromatic rings. The number of halogens is 1. The summed E-state index contributed by atoms with van der Waals surface area (Å²) in [7, 11) is 0. The molecule has 2 fully saturated rings. The van der Waals surface area contributed by atoms with Crippen LogP contribution in [0, 0.1) is 33.8 Å². The Morgan fingerprint density at radius 3 is 2.33 bits per heavy atom. The topological polar surface area (TPSA) is 106 Å². The highest BCUT2D eigenvalue weighted by molar-refractivity contribution is 9.10. The van der Waals surface area contributed by atoms with E-state index in [2.05, 4.69) is 33.2 Å². The van der Waals surface area contributed by atoms with Crippen LogP contribution in [0.15, 0.2) is 56.5 Å². The number of imide groups is 1. The van der Waals surface area contributed by atoms with Crippen molar-refractivity contribution in [3.05, 3.63) is 62.8 Å². The Morgan fingerprint density at radius 1 is 1.10 bits per heavy atom. The first kappa shape index (κ1) is 18.9. The minimum Gasteiger partial charge on any atom is -0.455 e. The van der Waals surface area contributed by atoms with Gasteiger partial charge in [0, 0.05) is 22.2 Å². The molecule has 1 aromatic heterocycles. The summed E-state index contributed by atoms with van der Waals surface area (Å²) in [5, 5.41) is 16.0. The highest BCUT2D eigenvalue weighted by atomic mass is 79.9. The molecule has 1 saturated heterocycles. The minimum absolute atomic E-state index is 0.0325. The van der Waals surface area contributed by atoms with Crippen molar-refractivity contribution in [2.75, 3.05) is 0 Å². The number of fused-ring (bicyclic) bond motifs is 1. The van der Waals surface area contributed by atoms with E-state index in [4.69, 9.17) is 4.42 Å². The maximum atomic E-state index is 12.8. The van der Waals surface area contributed by atoms with Gasteiger partial charge in [-0.15, -0.1) is 0 Å². The lowest BCUT2D eigenvalue weighted by Crippen LogP contribution is -2.38. The van der Waals surface area contributed by atoms with Crippen molar-refractivity contribution in [3.8, 4) is 11.3 Å². The third-order valence-electron chi connectivity index (χ3n) is 6.09. The molecule has 1 saturated carbocycles. The Morgan fingerprint density at radius 2 is 1.77 bits per heavy atom. The number of nitrogens with zero attached hydrogens (tertiary/aromatic N) is 3. The number of carbonyl (C=O) groups is 2. The Hall–Kier alpha value is -3.07. The Kier molecular flexibility index (Phi) is 4.43. The summed E-state index contributed by atoms with van der Waals surface area (Å²) in [6.07, 6.45) is 7.35. The van der Waals surface area contributed by atoms with Gasteiger partial charge in [-0.2, -0.15) is 10.1 Å². The Labute approximate surface area is 179 Å². The number of hydrogen-bond donors (Lipinski definition) is 0. The second-order valence-corrected chi connectivity index (χ2v) is 8.55. The largest absolute Gasteiger partial charge is 0.455 e. The maximum Gasteiger partial charge on any atom is 0.270 e. The molecule has 4 aliphatic rings. The third-order valence-corrected chi connectivity index (χ3v) is 6.75. The zero-order chi connectivity index (χ0) is 21.0. The van der Waals surface area contributed by atoms with Gasteiger partial charge >= 0.3 is 0 Å². The lowest BCUT2D eigenvalue weighted by Gasteiger charge is -2.37. The summed E-state index contributed by atoms with van der Waals surface area (Å²) in [4.78, 5) is 36.0. The van der Waals surface area contributed by atoms with Gasteiger partial charge in [-0.3, -0.25) is 19.7 Å². The quantitative estimate of drug-likeness (QED) is 0.220. The average Bonchev–Trinajstić information content (AvgIpc) is 3.31. The number of hydrogen-bond acceptors (Lipinski definition) is 6. The van der Waals surface area contributed by atoms with Crippen molar-refractivity contribution in [3.63, 3.8) is 0 Å². The fourth-order valence-electron chi connectivity index (χ4n) is 4.67. The summed E-state index contributed by atoms with van der Waals surface area (Å²) in [6.45, 7) is 0. The summed E-state index contributed by atoms with van der Waals surface area (Å²) >= 11 is 3.32. The van der Waals surface area contributed by atoms with Gasteiger partial charge < -0.3 is 4.42 Å². The van der Waals surface area contributed by atoms with E-state index in [1.54, 1.807) is 18.2 Å². The lowest BCUT2D eigenvalue weighted by atomic mass is 9.63. The number of nitro benzene ring substituents is 1. The van der Waals surface area contributed by atoms with Gasteiger partial charge in [0.2, 0.25) is 0 Å². The van der Waals surface area contributed by atoms with Crippen LogP contribution in [-0.2, 0) is 9.59 Å². The van der Waals surface area contributed by atoms with E-state index in [9.17, 15) is 19.7 Å². The molecular formula is C21H16BrN3O5. The first-order chi connectivity index (χ1) is 14.4. The van der Waals surface area contributed by atoms with Crippen LogP contribution in [-0.4, -0.2) is 28.0 Å². The van der Waals surface area contributed by atoms with Crippen LogP contribution in [0.25, 0.3) is 11.3 Å². The van der Waals surface area contributed by atoms with E-state index in [0.29, 0.717) is 21.6 Å². The van der Waals surface area contributed by atoms with Crippen molar-refractivity contribution in [1.29, 1.82) is 0 Å². The van der Waals surface area contributed by atoms with Crippen LogP contribution in [0.2, 0.25) is 0 Å². The minimum atomic E-state index is -0.474. The van der Waals surface area contributed by atoms with E-state index in [-0.39, 0.29) is 41.2 Å². The molecule has 2 bridgehead atoms. The standard InChI is InChI=1S/C21H16BrN3O5/c22-16-9-13(25(28)29)5-7-15(16)17-8-6-14(30-17)10-23-24-20(26)18-11-1-2-12(4-3-11)19(18)21(24)27/h1-2,5-12,18-19H,3-4H2/b23-10-/t11-,12+,18-,19-/m0/s1. The van der Waals surface area contributed by atoms with Crippen molar-refractivity contribution in [1.82, 2.24) is 5.01 Å². The second kappa shape index (κ2) is 7.02. The van der Waals surface area contributed by atoms with Gasteiger partial charge in [-0.05, 0) is 58.8 Å². The van der Waals surface area contributed by atoms with Crippen molar-refractivity contribution in [2.24, 2.45) is 28.8 Å². The molecule has 0 radical (unpaired) electrons. The molecule has 2 heterocycles. The zero-order valence-corrected chi connectivity index (χ0v) is 17.2. The predicted octanol–water partition coefficient (Wildman–Crippen LogP) is 4.15. The lowest BCUT2D eigenvalue weighted by molar-refractivity contribution is -0.384. The predicted molar refractivity (Wildman–Crippen MR) is 110 cm³/mol. The number of nitro groups is 1. The molecule has 0 unspecified atom stereocenters.